The van der Waals surface area contributed by atoms with Gasteiger partial charge in [-0.3, -0.25) is 0 Å². The van der Waals surface area contributed by atoms with Gasteiger partial charge in [0.15, 0.2) is 0 Å². The number of rotatable bonds is 3. The fourth-order valence-electron chi connectivity index (χ4n) is 4.55. The molecule has 0 aromatic heterocycles. The molecule has 2 aliphatic rings. The van der Waals surface area contributed by atoms with E-state index in [1.165, 1.54) is 17.7 Å². The second kappa shape index (κ2) is 9.04. The summed E-state index contributed by atoms with van der Waals surface area (Å²) in [5.41, 5.74) is 2.62. The maximum Gasteiger partial charge on any atom is 0.410 e. The van der Waals surface area contributed by atoms with Crippen molar-refractivity contribution in [1.29, 1.82) is 0 Å². The summed E-state index contributed by atoms with van der Waals surface area (Å²) < 4.78 is 19.0. The Morgan fingerprint density at radius 2 is 1.76 bits per heavy atom. The van der Waals surface area contributed by atoms with Crippen LogP contribution in [-0.2, 0) is 11.2 Å². The fourth-order valence-corrected chi connectivity index (χ4v) is 4.55. The lowest BCUT2D eigenvalue weighted by Gasteiger charge is -2.43. The molecule has 1 saturated carbocycles. The van der Waals surface area contributed by atoms with E-state index in [4.69, 9.17) is 4.74 Å². The first kappa shape index (κ1) is 23.1. The lowest BCUT2D eigenvalue weighted by atomic mass is 9.85. The number of carbonyl (C=O) groups excluding carboxylic acids is 2. The highest BCUT2D eigenvalue weighted by Gasteiger charge is 2.39. The molecule has 1 atom stereocenters. The molecule has 6 nitrogen and oxygen atoms in total. The zero-order valence-corrected chi connectivity index (χ0v) is 19.7. The highest BCUT2D eigenvalue weighted by molar-refractivity contribution is 5.76. The van der Waals surface area contributed by atoms with Crippen molar-refractivity contribution in [2.75, 3.05) is 13.6 Å². The molecule has 0 unspecified atom stereocenters. The van der Waals surface area contributed by atoms with Crippen LogP contribution in [-0.4, -0.2) is 53.2 Å². The molecule has 2 aromatic rings. The van der Waals surface area contributed by atoms with Gasteiger partial charge in [0.25, 0.3) is 0 Å². The Labute approximate surface area is 194 Å². The maximum absolute atomic E-state index is 13.6. The summed E-state index contributed by atoms with van der Waals surface area (Å²) >= 11 is 0. The number of halogens is 1. The van der Waals surface area contributed by atoms with Gasteiger partial charge in [-0.05, 0) is 68.9 Å². The lowest BCUT2D eigenvalue weighted by molar-refractivity contribution is 0.0107. The molecule has 33 heavy (non-hydrogen) atoms. The fraction of sp³-hybridized carbons (Fsp3) is 0.462. The SMILES string of the molecule is CN(C(=O)OC(C)(C)C)[C@H]1C[C@@H](NC(=O)N2CCc3ccccc3[C@@H]2c2ccc(F)cc2)C1. The second-order valence-electron chi connectivity index (χ2n) is 9.96. The molecule has 2 aromatic carbocycles. The topological polar surface area (TPSA) is 61.9 Å². The summed E-state index contributed by atoms with van der Waals surface area (Å²) in [6.07, 6.45) is 1.80. The summed E-state index contributed by atoms with van der Waals surface area (Å²) in [5, 5.41) is 3.13. The van der Waals surface area contributed by atoms with Crippen LogP contribution in [0.4, 0.5) is 14.0 Å². The molecule has 7 heteroatoms. The first-order valence-corrected chi connectivity index (χ1v) is 11.5. The van der Waals surface area contributed by atoms with Gasteiger partial charge in [0.05, 0.1) is 6.04 Å². The monoisotopic (exact) mass is 453 g/mol. The quantitative estimate of drug-likeness (QED) is 0.721. The van der Waals surface area contributed by atoms with Crippen molar-refractivity contribution < 1.29 is 18.7 Å². The maximum atomic E-state index is 13.6. The minimum atomic E-state index is -0.539. The summed E-state index contributed by atoms with van der Waals surface area (Å²) in [6, 6.07) is 14.1. The predicted octanol–water partition coefficient (Wildman–Crippen LogP) is 4.88. The van der Waals surface area contributed by atoms with Gasteiger partial charge in [-0.15, -0.1) is 0 Å². The Balaban J connectivity index is 1.43. The van der Waals surface area contributed by atoms with E-state index in [2.05, 4.69) is 11.4 Å². The van der Waals surface area contributed by atoms with Crippen molar-refractivity contribution >= 4 is 12.1 Å². The van der Waals surface area contributed by atoms with E-state index in [0.717, 1.165) is 17.5 Å². The lowest BCUT2D eigenvalue weighted by Crippen LogP contribution is -2.57. The largest absolute Gasteiger partial charge is 0.444 e. The standard InChI is InChI=1S/C26H32FN3O3/c1-26(2,3)33-25(32)29(4)21-15-20(16-21)28-24(31)30-14-13-17-7-5-6-8-22(17)23(30)18-9-11-19(27)12-10-18/h5-12,20-21,23H,13-16H2,1-4H3,(H,28,31)/t20-,21+,23-/m0/s1. The Bertz CT molecular complexity index is 1010. The molecular weight excluding hydrogens is 421 g/mol. The number of nitrogens with zero attached hydrogens (tertiary/aromatic N) is 2. The van der Waals surface area contributed by atoms with Crippen molar-refractivity contribution in [1.82, 2.24) is 15.1 Å². The zero-order valence-electron chi connectivity index (χ0n) is 19.7. The van der Waals surface area contributed by atoms with E-state index in [1.807, 2.05) is 43.9 Å². The molecule has 176 valence electrons. The zero-order chi connectivity index (χ0) is 23.8. The highest BCUT2D eigenvalue weighted by Crippen LogP contribution is 2.36. The number of amides is 3. The van der Waals surface area contributed by atoms with Crippen molar-refractivity contribution in [3.05, 3.63) is 71.0 Å². The molecular formula is C26H32FN3O3. The summed E-state index contributed by atoms with van der Waals surface area (Å²) in [6.45, 7) is 6.11. The third kappa shape index (κ3) is 5.13. The average molecular weight is 454 g/mol. The van der Waals surface area contributed by atoms with Gasteiger partial charge in [0, 0.05) is 25.7 Å². The van der Waals surface area contributed by atoms with Crippen molar-refractivity contribution in [2.24, 2.45) is 0 Å². The summed E-state index contributed by atoms with van der Waals surface area (Å²) in [7, 11) is 1.74. The van der Waals surface area contributed by atoms with Crippen molar-refractivity contribution in [2.45, 2.75) is 63.8 Å². The van der Waals surface area contributed by atoms with Gasteiger partial charge in [-0.25, -0.2) is 14.0 Å². The number of benzene rings is 2. The van der Waals surface area contributed by atoms with Crippen molar-refractivity contribution in [3.8, 4) is 0 Å². The molecule has 1 fully saturated rings. The van der Waals surface area contributed by atoms with E-state index in [9.17, 15) is 14.0 Å². The van der Waals surface area contributed by atoms with Gasteiger partial charge >= 0.3 is 12.1 Å². The normalized spacial score (nSPS) is 22.1. The number of nitrogens with one attached hydrogen (secondary N) is 1. The second-order valence-corrected chi connectivity index (χ2v) is 9.96. The van der Waals surface area contributed by atoms with E-state index in [-0.39, 0.29) is 36.1 Å². The van der Waals surface area contributed by atoms with Crippen LogP contribution in [0.15, 0.2) is 48.5 Å². The van der Waals surface area contributed by atoms with Gasteiger partial charge in [-0.1, -0.05) is 36.4 Å². The first-order chi connectivity index (χ1) is 15.6. The molecule has 3 amide bonds. The minimum Gasteiger partial charge on any atom is -0.444 e. The van der Waals surface area contributed by atoms with Crippen LogP contribution in [0, 0.1) is 5.82 Å². The molecule has 1 aliphatic carbocycles. The number of fused-ring (bicyclic) bond motifs is 1. The molecule has 0 saturated heterocycles. The summed E-state index contributed by atoms with van der Waals surface area (Å²) in [5.74, 6) is -0.298. The third-order valence-corrected chi connectivity index (χ3v) is 6.40. The first-order valence-electron chi connectivity index (χ1n) is 11.5. The molecule has 1 N–H and O–H groups in total. The van der Waals surface area contributed by atoms with Crippen LogP contribution < -0.4 is 5.32 Å². The van der Waals surface area contributed by atoms with Crippen LogP contribution in [0.1, 0.15) is 56.3 Å². The number of urea groups is 1. The summed E-state index contributed by atoms with van der Waals surface area (Å²) in [4.78, 5) is 29.0. The van der Waals surface area contributed by atoms with Crippen LogP contribution in [0.3, 0.4) is 0 Å². The molecule has 0 bridgehead atoms. The van der Waals surface area contributed by atoms with Gasteiger partial charge in [0.2, 0.25) is 0 Å². The number of ether oxygens (including phenoxy) is 1. The van der Waals surface area contributed by atoms with Crippen LogP contribution in [0.2, 0.25) is 0 Å². The van der Waals surface area contributed by atoms with E-state index in [0.29, 0.717) is 19.4 Å². The van der Waals surface area contributed by atoms with Gasteiger partial charge in [0.1, 0.15) is 11.4 Å². The number of carbonyl (C=O) groups is 2. The predicted molar refractivity (Wildman–Crippen MR) is 124 cm³/mol. The molecule has 1 heterocycles. The van der Waals surface area contributed by atoms with Crippen LogP contribution >= 0.6 is 0 Å². The minimum absolute atomic E-state index is 0.00146. The Hall–Kier alpha value is -3.09. The molecule has 4 rings (SSSR count). The van der Waals surface area contributed by atoms with Crippen LogP contribution in [0.5, 0.6) is 0 Å². The highest BCUT2D eigenvalue weighted by atomic mass is 19.1. The van der Waals surface area contributed by atoms with Crippen molar-refractivity contribution in [3.63, 3.8) is 0 Å². The molecule has 0 spiro atoms. The Kier molecular flexibility index (Phi) is 6.32. The molecule has 0 radical (unpaired) electrons. The van der Waals surface area contributed by atoms with E-state index in [1.54, 1.807) is 24.1 Å². The van der Waals surface area contributed by atoms with Gasteiger partial charge in [-0.2, -0.15) is 0 Å². The average Bonchev–Trinajstić information content (AvgIpc) is 2.74. The Morgan fingerprint density at radius 3 is 2.42 bits per heavy atom. The number of hydrogen-bond acceptors (Lipinski definition) is 3. The smallest absolute Gasteiger partial charge is 0.410 e. The van der Waals surface area contributed by atoms with E-state index < -0.39 is 5.60 Å². The van der Waals surface area contributed by atoms with E-state index >= 15 is 0 Å². The number of hydrogen-bond donors (Lipinski definition) is 1. The van der Waals surface area contributed by atoms with Gasteiger partial charge < -0.3 is 19.9 Å². The molecule has 1 aliphatic heterocycles. The van der Waals surface area contributed by atoms with Crippen LogP contribution in [0.25, 0.3) is 0 Å². The Morgan fingerprint density at radius 1 is 1.09 bits per heavy atom. The third-order valence-electron chi connectivity index (χ3n) is 6.40.